The van der Waals surface area contributed by atoms with E-state index in [1.54, 1.807) is 14.2 Å². The molecule has 0 aliphatic carbocycles. The Morgan fingerprint density at radius 2 is 1.72 bits per heavy atom. The molecule has 0 heterocycles. The van der Waals surface area contributed by atoms with Gasteiger partial charge in [-0.1, -0.05) is 24.3 Å². The third-order valence-corrected chi connectivity index (χ3v) is 3.21. The molecule has 0 aliphatic heterocycles. The van der Waals surface area contributed by atoms with Crippen LogP contribution in [0.3, 0.4) is 0 Å². The number of rotatable bonds is 7. The van der Waals surface area contributed by atoms with Crippen molar-refractivity contribution in [3.05, 3.63) is 35.4 Å². The van der Waals surface area contributed by atoms with Gasteiger partial charge in [-0.15, -0.1) is 0 Å². The molecule has 0 spiro atoms. The monoisotopic (exact) mass is 251 g/mol. The van der Waals surface area contributed by atoms with Gasteiger partial charge in [0.05, 0.1) is 6.04 Å². The summed E-state index contributed by atoms with van der Waals surface area (Å²) in [6.45, 7) is 6.41. The summed E-state index contributed by atoms with van der Waals surface area (Å²) in [4.78, 5) is 0. The van der Waals surface area contributed by atoms with Crippen molar-refractivity contribution in [1.82, 2.24) is 5.32 Å². The van der Waals surface area contributed by atoms with Gasteiger partial charge in [0, 0.05) is 20.3 Å². The molecular formula is C15H25NO2. The summed E-state index contributed by atoms with van der Waals surface area (Å²) >= 11 is 0. The summed E-state index contributed by atoms with van der Waals surface area (Å²) < 4.78 is 10.5. The Morgan fingerprint density at radius 3 is 2.28 bits per heavy atom. The molecule has 3 heteroatoms. The molecule has 2 atom stereocenters. The third kappa shape index (κ3) is 4.41. The van der Waals surface area contributed by atoms with Crippen LogP contribution < -0.4 is 5.32 Å². The second-order valence-corrected chi connectivity index (χ2v) is 4.83. The molecule has 0 aliphatic rings. The fraction of sp³-hybridized carbons (Fsp3) is 0.600. The van der Waals surface area contributed by atoms with E-state index in [9.17, 15) is 0 Å². The average molecular weight is 251 g/mol. The maximum absolute atomic E-state index is 5.25. The number of nitrogens with one attached hydrogen (secondary N) is 1. The second kappa shape index (κ2) is 7.52. The van der Waals surface area contributed by atoms with E-state index >= 15 is 0 Å². The fourth-order valence-corrected chi connectivity index (χ4v) is 2.26. The molecule has 0 saturated carbocycles. The van der Waals surface area contributed by atoms with Crippen LogP contribution in [0.25, 0.3) is 0 Å². The molecular weight excluding hydrogens is 226 g/mol. The average Bonchev–Trinajstić information content (AvgIpc) is 2.33. The minimum absolute atomic E-state index is 0.166. The van der Waals surface area contributed by atoms with Crippen LogP contribution in [0.5, 0.6) is 0 Å². The SMILES string of the molecule is COC(OC)C(C)NC(C)Cc1ccccc1C. The summed E-state index contributed by atoms with van der Waals surface area (Å²) in [5.41, 5.74) is 2.73. The van der Waals surface area contributed by atoms with Crippen LogP contribution in [-0.4, -0.2) is 32.6 Å². The lowest BCUT2D eigenvalue weighted by Crippen LogP contribution is -2.44. The highest BCUT2D eigenvalue weighted by Gasteiger charge is 2.17. The molecule has 1 aromatic carbocycles. The first kappa shape index (κ1) is 15.2. The summed E-state index contributed by atoms with van der Waals surface area (Å²) in [6.07, 6.45) is 0.807. The number of benzene rings is 1. The Morgan fingerprint density at radius 1 is 1.11 bits per heavy atom. The lowest BCUT2D eigenvalue weighted by atomic mass is 10.0. The molecule has 0 aromatic heterocycles. The van der Waals surface area contributed by atoms with E-state index in [-0.39, 0.29) is 12.3 Å². The summed E-state index contributed by atoms with van der Waals surface area (Å²) in [5, 5.41) is 3.51. The van der Waals surface area contributed by atoms with Crippen molar-refractivity contribution in [2.45, 2.75) is 45.6 Å². The highest BCUT2D eigenvalue weighted by Crippen LogP contribution is 2.10. The molecule has 2 unspecified atom stereocenters. The van der Waals surface area contributed by atoms with Gasteiger partial charge in [-0.05, 0) is 38.3 Å². The fourth-order valence-electron chi connectivity index (χ4n) is 2.26. The van der Waals surface area contributed by atoms with Gasteiger partial charge in [-0.25, -0.2) is 0 Å². The van der Waals surface area contributed by atoms with E-state index < -0.39 is 0 Å². The molecule has 0 bridgehead atoms. The van der Waals surface area contributed by atoms with Gasteiger partial charge in [0.25, 0.3) is 0 Å². The lowest BCUT2D eigenvalue weighted by molar-refractivity contribution is -0.120. The van der Waals surface area contributed by atoms with Crippen molar-refractivity contribution in [3.8, 4) is 0 Å². The summed E-state index contributed by atoms with van der Waals surface area (Å²) in [6, 6.07) is 9.05. The molecule has 0 radical (unpaired) electrons. The number of hydrogen-bond donors (Lipinski definition) is 1. The van der Waals surface area contributed by atoms with E-state index in [4.69, 9.17) is 9.47 Å². The van der Waals surface area contributed by atoms with Crippen LogP contribution in [0.1, 0.15) is 25.0 Å². The predicted octanol–water partition coefficient (Wildman–Crippen LogP) is 2.52. The Bertz CT molecular complexity index is 350. The molecule has 0 amide bonds. The topological polar surface area (TPSA) is 30.5 Å². The van der Waals surface area contributed by atoms with Crippen molar-refractivity contribution < 1.29 is 9.47 Å². The first-order chi connectivity index (χ1) is 8.58. The first-order valence-electron chi connectivity index (χ1n) is 6.44. The van der Waals surface area contributed by atoms with Gasteiger partial charge in [0.2, 0.25) is 0 Å². The molecule has 3 nitrogen and oxygen atoms in total. The molecule has 1 aromatic rings. The highest BCUT2D eigenvalue weighted by molar-refractivity contribution is 5.26. The van der Waals surface area contributed by atoms with E-state index in [2.05, 4.69) is 50.4 Å². The number of methoxy groups -OCH3 is 2. The minimum atomic E-state index is -0.204. The van der Waals surface area contributed by atoms with Crippen molar-refractivity contribution >= 4 is 0 Å². The van der Waals surface area contributed by atoms with Crippen molar-refractivity contribution in [3.63, 3.8) is 0 Å². The predicted molar refractivity (Wildman–Crippen MR) is 74.7 cm³/mol. The number of ether oxygens (including phenoxy) is 2. The number of aryl methyl sites for hydroxylation is 1. The number of hydrogen-bond acceptors (Lipinski definition) is 3. The molecule has 1 N–H and O–H groups in total. The Labute approximate surface area is 110 Å². The maximum atomic E-state index is 5.25. The lowest BCUT2D eigenvalue weighted by Gasteiger charge is -2.26. The molecule has 18 heavy (non-hydrogen) atoms. The van der Waals surface area contributed by atoms with E-state index in [1.165, 1.54) is 11.1 Å². The quantitative estimate of drug-likeness (QED) is 0.755. The molecule has 0 fully saturated rings. The van der Waals surface area contributed by atoms with Gasteiger partial charge in [0.15, 0.2) is 6.29 Å². The van der Waals surface area contributed by atoms with Crippen LogP contribution in [-0.2, 0) is 15.9 Å². The van der Waals surface area contributed by atoms with E-state index in [0.29, 0.717) is 6.04 Å². The Hall–Kier alpha value is -0.900. The second-order valence-electron chi connectivity index (χ2n) is 4.83. The maximum Gasteiger partial charge on any atom is 0.171 e. The molecule has 0 saturated heterocycles. The van der Waals surface area contributed by atoms with Gasteiger partial charge in [-0.2, -0.15) is 0 Å². The van der Waals surface area contributed by atoms with Crippen LogP contribution in [0.4, 0.5) is 0 Å². The van der Waals surface area contributed by atoms with E-state index in [1.807, 2.05) is 0 Å². The normalized spacial score (nSPS) is 14.8. The van der Waals surface area contributed by atoms with Gasteiger partial charge in [-0.3, -0.25) is 0 Å². The summed E-state index contributed by atoms with van der Waals surface area (Å²) in [5.74, 6) is 0. The van der Waals surface area contributed by atoms with Gasteiger partial charge < -0.3 is 14.8 Å². The van der Waals surface area contributed by atoms with Crippen LogP contribution in [0.15, 0.2) is 24.3 Å². The zero-order valence-electron chi connectivity index (χ0n) is 12.1. The zero-order valence-corrected chi connectivity index (χ0v) is 12.1. The van der Waals surface area contributed by atoms with E-state index in [0.717, 1.165) is 6.42 Å². The van der Waals surface area contributed by atoms with Gasteiger partial charge in [0.1, 0.15) is 0 Å². The van der Waals surface area contributed by atoms with Crippen molar-refractivity contribution in [2.75, 3.05) is 14.2 Å². The van der Waals surface area contributed by atoms with Crippen LogP contribution in [0, 0.1) is 6.92 Å². The highest BCUT2D eigenvalue weighted by atomic mass is 16.7. The smallest absolute Gasteiger partial charge is 0.171 e. The minimum Gasteiger partial charge on any atom is -0.354 e. The van der Waals surface area contributed by atoms with Crippen LogP contribution in [0.2, 0.25) is 0 Å². The zero-order chi connectivity index (χ0) is 13.5. The van der Waals surface area contributed by atoms with Crippen molar-refractivity contribution in [2.24, 2.45) is 0 Å². The largest absolute Gasteiger partial charge is 0.354 e. The summed E-state index contributed by atoms with van der Waals surface area (Å²) in [7, 11) is 3.33. The van der Waals surface area contributed by atoms with Gasteiger partial charge >= 0.3 is 0 Å². The standard InChI is InChI=1S/C15H25NO2/c1-11-8-6-7-9-14(11)10-12(2)16-13(3)15(17-4)18-5/h6-9,12-13,15-16H,10H2,1-5H3. The Kier molecular flexibility index (Phi) is 6.33. The van der Waals surface area contributed by atoms with Crippen LogP contribution >= 0.6 is 0 Å². The third-order valence-electron chi connectivity index (χ3n) is 3.21. The Balaban J connectivity index is 2.51. The van der Waals surface area contributed by atoms with Crippen molar-refractivity contribution in [1.29, 1.82) is 0 Å². The molecule has 1 rings (SSSR count). The first-order valence-corrected chi connectivity index (χ1v) is 6.44. The molecule has 102 valence electrons.